The molecule has 156 valence electrons. The molecule has 1 saturated heterocycles. The predicted molar refractivity (Wildman–Crippen MR) is 112 cm³/mol. The Morgan fingerprint density at radius 2 is 1.87 bits per heavy atom. The number of benzene rings is 2. The summed E-state index contributed by atoms with van der Waals surface area (Å²) in [7, 11) is 0. The summed E-state index contributed by atoms with van der Waals surface area (Å²) in [5.41, 5.74) is 2.19. The molecule has 3 aromatic rings. The van der Waals surface area contributed by atoms with Crippen LogP contribution in [-0.2, 0) is 19.1 Å². The molecule has 0 radical (unpaired) electrons. The Morgan fingerprint density at radius 1 is 1.03 bits per heavy atom. The van der Waals surface area contributed by atoms with E-state index in [1.807, 2.05) is 12.1 Å². The highest BCUT2D eigenvalue weighted by molar-refractivity contribution is 7.22. The van der Waals surface area contributed by atoms with E-state index in [4.69, 9.17) is 5.26 Å². The Balaban J connectivity index is 1.44. The van der Waals surface area contributed by atoms with Gasteiger partial charge in [0.05, 0.1) is 28.3 Å². The fraction of sp³-hybridized carbons (Fsp3) is 0.364. The number of anilines is 1. The fourth-order valence-electron chi connectivity index (χ4n) is 3.73. The first kappa shape index (κ1) is 20.6. The van der Waals surface area contributed by atoms with Crippen molar-refractivity contribution in [1.29, 1.82) is 5.26 Å². The van der Waals surface area contributed by atoms with E-state index >= 15 is 0 Å². The average Bonchev–Trinajstić information content (AvgIpc) is 3.00. The van der Waals surface area contributed by atoms with Crippen LogP contribution in [0.1, 0.15) is 23.1 Å². The number of halogens is 3. The molecule has 2 heterocycles. The molecule has 30 heavy (non-hydrogen) atoms. The summed E-state index contributed by atoms with van der Waals surface area (Å²) >= 11 is 1.32. The van der Waals surface area contributed by atoms with E-state index < -0.39 is 11.7 Å². The number of alkyl halides is 3. The number of thiazole rings is 1. The molecule has 2 aromatic carbocycles. The third-order valence-corrected chi connectivity index (χ3v) is 6.32. The van der Waals surface area contributed by atoms with Crippen molar-refractivity contribution in [1.82, 2.24) is 9.88 Å². The third kappa shape index (κ3) is 4.74. The van der Waals surface area contributed by atoms with Crippen LogP contribution in [0.25, 0.3) is 10.2 Å². The quantitative estimate of drug-likeness (QED) is 0.578. The molecule has 1 aliphatic rings. The SMILES string of the molecule is N#CCc1cccc(CN2CCCN(c3nc4ccc(C(F)(F)F)cc4s3)CC2)c1. The second-order valence-electron chi connectivity index (χ2n) is 7.45. The second-order valence-corrected chi connectivity index (χ2v) is 8.46. The summed E-state index contributed by atoms with van der Waals surface area (Å²) in [4.78, 5) is 9.12. The largest absolute Gasteiger partial charge is 0.416 e. The summed E-state index contributed by atoms with van der Waals surface area (Å²) in [5, 5.41) is 9.67. The van der Waals surface area contributed by atoms with Gasteiger partial charge in [0, 0.05) is 32.7 Å². The normalized spacial score (nSPS) is 15.9. The first-order valence-electron chi connectivity index (χ1n) is 9.82. The minimum atomic E-state index is -4.34. The van der Waals surface area contributed by atoms with Crippen LogP contribution in [0.4, 0.5) is 18.3 Å². The molecule has 8 heteroatoms. The van der Waals surface area contributed by atoms with Gasteiger partial charge in [0.25, 0.3) is 0 Å². The topological polar surface area (TPSA) is 43.2 Å². The van der Waals surface area contributed by atoms with Gasteiger partial charge in [0.2, 0.25) is 0 Å². The van der Waals surface area contributed by atoms with Gasteiger partial charge in [0.1, 0.15) is 0 Å². The molecule has 0 bridgehead atoms. The maximum atomic E-state index is 13.0. The highest BCUT2D eigenvalue weighted by Gasteiger charge is 2.31. The molecule has 1 aromatic heterocycles. The van der Waals surface area contributed by atoms with Gasteiger partial charge in [-0.3, -0.25) is 4.90 Å². The summed E-state index contributed by atoms with van der Waals surface area (Å²) in [6.07, 6.45) is -2.97. The van der Waals surface area contributed by atoms with Gasteiger partial charge in [-0.25, -0.2) is 4.98 Å². The molecular weight excluding hydrogens is 409 g/mol. The lowest BCUT2D eigenvalue weighted by molar-refractivity contribution is -0.137. The maximum Gasteiger partial charge on any atom is 0.416 e. The summed E-state index contributed by atoms with van der Waals surface area (Å²) in [6.45, 7) is 4.23. The van der Waals surface area contributed by atoms with Crippen molar-refractivity contribution in [3.05, 3.63) is 59.2 Å². The van der Waals surface area contributed by atoms with Crippen LogP contribution in [0.5, 0.6) is 0 Å². The zero-order valence-electron chi connectivity index (χ0n) is 16.3. The molecule has 1 aliphatic heterocycles. The number of hydrogen-bond acceptors (Lipinski definition) is 5. The van der Waals surface area contributed by atoms with Gasteiger partial charge < -0.3 is 4.90 Å². The van der Waals surface area contributed by atoms with E-state index in [-0.39, 0.29) is 0 Å². The third-order valence-electron chi connectivity index (χ3n) is 5.24. The number of aromatic nitrogens is 1. The van der Waals surface area contributed by atoms with Crippen LogP contribution in [0.15, 0.2) is 42.5 Å². The van der Waals surface area contributed by atoms with Crippen molar-refractivity contribution in [2.45, 2.75) is 25.6 Å². The number of rotatable bonds is 4. The number of nitrogens with zero attached hydrogens (tertiary/aromatic N) is 4. The molecule has 0 aliphatic carbocycles. The molecule has 0 saturated carbocycles. The molecular formula is C22H21F3N4S. The lowest BCUT2D eigenvalue weighted by Gasteiger charge is -2.21. The Labute approximate surface area is 177 Å². The lowest BCUT2D eigenvalue weighted by Crippen LogP contribution is -2.30. The van der Waals surface area contributed by atoms with E-state index in [1.54, 1.807) is 0 Å². The van der Waals surface area contributed by atoms with Crippen molar-refractivity contribution < 1.29 is 13.2 Å². The van der Waals surface area contributed by atoms with Gasteiger partial charge in [-0.1, -0.05) is 35.6 Å². The molecule has 0 spiro atoms. The second kappa shape index (κ2) is 8.62. The smallest absolute Gasteiger partial charge is 0.347 e. The maximum absolute atomic E-state index is 13.0. The molecule has 0 atom stereocenters. The Bertz CT molecular complexity index is 1070. The van der Waals surface area contributed by atoms with Crippen molar-refractivity contribution in [3.63, 3.8) is 0 Å². The van der Waals surface area contributed by atoms with Gasteiger partial charge >= 0.3 is 6.18 Å². The first-order valence-corrected chi connectivity index (χ1v) is 10.6. The minimum absolute atomic E-state index is 0.412. The van der Waals surface area contributed by atoms with Gasteiger partial charge in [-0.05, 0) is 35.7 Å². The zero-order chi connectivity index (χ0) is 21.1. The Hall–Kier alpha value is -2.63. The van der Waals surface area contributed by atoms with Crippen LogP contribution in [0, 0.1) is 11.3 Å². The van der Waals surface area contributed by atoms with E-state index in [1.165, 1.54) is 29.0 Å². The molecule has 4 nitrogen and oxygen atoms in total. The van der Waals surface area contributed by atoms with Crippen molar-refractivity contribution in [2.24, 2.45) is 0 Å². The van der Waals surface area contributed by atoms with Crippen molar-refractivity contribution in [2.75, 3.05) is 31.1 Å². The van der Waals surface area contributed by atoms with Crippen LogP contribution in [-0.4, -0.2) is 36.1 Å². The Kier molecular flexibility index (Phi) is 5.93. The highest BCUT2D eigenvalue weighted by atomic mass is 32.1. The average molecular weight is 430 g/mol. The highest BCUT2D eigenvalue weighted by Crippen LogP contribution is 2.35. The number of hydrogen-bond donors (Lipinski definition) is 0. The number of nitriles is 1. The van der Waals surface area contributed by atoms with E-state index in [0.717, 1.165) is 55.9 Å². The predicted octanol–water partition coefficient (Wildman–Crippen LogP) is 5.09. The van der Waals surface area contributed by atoms with Crippen LogP contribution < -0.4 is 4.90 Å². The first-order chi connectivity index (χ1) is 14.4. The molecule has 1 fully saturated rings. The van der Waals surface area contributed by atoms with Crippen molar-refractivity contribution in [3.8, 4) is 6.07 Å². The van der Waals surface area contributed by atoms with Gasteiger partial charge in [-0.15, -0.1) is 0 Å². The van der Waals surface area contributed by atoms with E-state index in [0.29, 0.717) is 16.6 Å². The molecule has 0 amide bonds. The lowest BCUT2D eigenvalue weighted by atomic mass is 10.1. The van der Waals surface area contributed by atoms with Crippen molar-refractivity contribution >= 4 is 26.7 Å². The van der Waals surface area contributed by atoms with Gasteiger partial charge in [-0.2, -0.15) is 18.4 Å². The fourth-order valence-corrected chi connectivity index (χ4v) is 4.79. The summed E-state index contributed by atoms with van der Waals surface area (Å²) < 4.78 is 39.5. The van der Waals surface area contributed by atoms with E-state index in [9.17, 15) is 13.2 Å². The zero-order valence-corrected chi connectivity index (χ0v) is 17.1. The van der Waals surface area contributed by atoms with Crippen LogP contribution in [0.2, 0.25) is 0 Å². The molecule has 0 N–H and O–H groups in total. The Morgan fingerprint density at radius 3 is 2.67 bits per heavy atom. The number of fused-ring (bicyclic) bond motifs is 1. The minimum Gasteiger partial charge on any atom is -0.347 e. The summed E-state index contributed by atoms with van der Waals surface area (Å²) in [5.74, 6) is 0. The molecule has 4 rings (SSSR count). The van der Waals surface area contributed by atoms with E-state index in [2.05, 4.69) is 33.0 Å². The summed E-state index contributed by atoms with van der Waals surface area (Å²) in [6, 6.07) is 14.0. The molecule has 0 unspecified atom stereocenters. The monoisotopic (exact) mass is 430 g/mol. The van der Waals surface area contributed by atoms with Gasteiger partial charge in [0.15, 0.2) is 5.13 Å². The standard InChI is InChI=1S/C22H21F3N4S/c23-22(24,25)18-5-6-19-20(14-18)30-21(27-19)29-10-2-9-28(11-12-29)15-17-4-1-3-16(13-17)7-8-26/h1,3-6,13-14H,2,7,9-12,15H2. The van der Waals surface area contributed by atoms with Crippen LogP contribution in [0.3, 0.4) is 0 Å². The van der Waals surface area contributed by atoms with Crippen LogP contribution >= 0.6 is 11.3 Å².